The molecule has 0 saturated carbocycles. The molecule has 1 aliphatic rings. The summed E-state index contributed by atoms with van der Waals surface area (Å²) in [5.74, 6) is 0. The number of halogens is 1. The highest BCUT2D eigenvalue weighted by atomic mass is 79.9. The van der Waals surface area contributed by atoms with Gasteiger partial charge in [0, 0.05) is 30.0 Å². The summed E-state index contributed by atoms with van der Waals surface area (Å²) in [5.41, 5.74) is 1.21. The van der Waals surface area contributed by atoms with Crippen molar-refractivity contribution in [3.05, 3.63) is 28.5 Å². The number of aromatic nitrogens is 1. The third-order valence-corrected chi connectivity index (χ3v) is 3.19. The van der Waals surface area contributed by atoms with Crippen LogP contribution in [0.3, 0.4) is 0 Å². The maximum atomic E-state index is 5.56. The van der Waals surface area contributed by atoms with E-state index in [-0.39, 0.29) is 0 Å². The lowest BCUT2D eigenvalue weighted by atomic mass is 10.2. The highest BCUT2D eigenvalue weighted by molar-refractivity contribution is 9.10. The number of nitrogens with zero attached hydrogens (tertiary/aromatic N) is 1. The summed E-state index contributed by atoms with van der Waals surface area (Å²) in [5, 5.41) is 3.41. The second-order valence-corrected chi connectivity index (χ2v) is 5.03. The van der Waals surface area contributed by atoms with Crippen LogP contribution in [0.1, 0.15) is 24.8 Å². The first-order chi connectivity index (χ1) is 7.84. The second-order valence-electron chi connectivity index (χ2n) is 4.11. The van der Waals surface area contributed by atoms with Gasteiger partial charge >= 0.3 is 0 Å². The number of rotatable bonds is 5. The Morgan fingerprint density at radius 2 is 2.44 bits per heavy atom. The zero-order valence-corrected chi connectivity index (χ0v) is 10.9. The number of ether oxygens (including phenoxy) is 1. The normalized spacial score (nSPS) is 20.2. The van der Waals surface area contributed by atoms with Crippen LogP contribution < -0.4 is 5.32 Å². The summed E-state index contributed by atoms with van der Waals surface area (Å²) in [6.07, 6.45) is 7.73. The number of nitrogens with one attached hydrogen (secondary N) is 1. The lowest BCUT2D eigenvalue weighted by molar-refractivity contribution is 0.104. The SMILES string of the molecule is Brc1cncc(CNCCC2CCCO2)c1. The molecule has 0 bridgehead atoms. The predicted molar refractivity (Wildman–Crippen MR) is 67.2 cm³/mol. The molecule has 0 aromatic carbocycles. The first-order valence-electron chi connectivity index (χ1n) is 5.76. The van der Waals surface area contributed by atoms with E-state index < -0.39 is 0 Å². The third kappa shape index (κ3) is 3.85. The summed E-state index contributed by atoms with van der Waals surface area (Å²) < 4.78 is 6.60. The fourth-order valence-corrected chi connectivity index (χ4v) is 2.33. The average Bonchev–Trinajstić information content (AvgIpc) is 2.77. The van der Waals surface area contributed by atoms with E-state index >= 15 is 0 Å². The van der Waals surface area contributed by atoms with Crippen molar-refractivity contribution in [3.63, 3.8) is 0 Å². The number of hydrogen-bond donors (Lipinski definition) is 1. The predicted octanol–water partition coefficient (Wildman–Crippen LogP) is 2.50. The van der Waals surface area contributed by atoms with Gasteiger partial charge in [-0.2, -0.15) is 0 Å². The summed E-state index contributed by atoms with van der Waals surface area (Å²) in [4.78, 5) is 4.13. The molecule has 4 heteroatoms. The molecule has 0 spiro atoms. The standard InChI is InChI=1S/C12H17BrN2O/c13-11-6-10(8-15-9-11)7-14-4-3-12-2-1-5-16-12/h6,8-9,12,14H,1-5,7H2. The van der Waals surface area contributed by atoms with Gasteiger partial charge in [-0.05, 0) is 53.4 Å². The second kappa shape index (κ2) is 6.33. The average molecular weight is 285 g/mol. The van der Waals surface area contributed by atoms with Crippen molar-refractivity contribution in [2.45, 2.75) is 31.9 Å². The number of hydrogen-bond acceptors (Lipinski definition) is 3. The van der Waals surface area contributed by atoms with Crippen LogP contribution in [0.4, 0.5) is 0 Å². The van der Waals surface area contributed by atoms with Gasteiger partial charge < -0.3 is 10.1 Å². The maximum absolute atomic E-state index is 5.56. The smallest absolute Gasteiger partial charge is 0.0588 e. The molecule has 2 rings (SSSR count). The molecule has 1 unspecified atom stereocenters. The Labute approximate surface area is 105 Å². The first-order valence-corrected chi connectivity index (χ1v) is 6.55. The summed E-state index contributed by atoms with van der Waals surface area (Å²) in [7, 11) is 0. The van der Waals surface area contributed by atoms with E-state index in [1.807, 2.05) is 6.20 Å². The van der Waals surface area contributed by atoms with Gasteiger partial charge in [0.05, 0.1) is 6.10 Å². The molecule has 88 valence electrons. The zero-order chi connectivity index (χ0) is 11.2. The molecule has 1 atom stereocenters. The minimum absolute atomic E-state index is 0.480. The molecule has 0 radical (unpaired) electrons. The van der Waals surface area contributed by atoms with E-state index in [2.05, 4.69) is 32.3 Å². The molecule has 1 aromatic rings. The molecule has 1 N–H and O–H groups in total. The topological polar surface area (TPSA) is 34.2 Å². The van der Waals surface area contributed by atoms with Crippen LogP contribution in [-0.2, 0) is 11.3 Å². The number of pyridine rings is 1. The molecule has 1 fully saturated rings. The van der Waals surface area contributed by atoms with Crippen LogP contribution in [0.2, 0.25) is 0 Å². The van der Waals surface area contributed by atoms with E-state index in [1.165, 1.54) is 18.4 Å². The largest absolute Gasteiger partial charge is 0.378 e. The van der Waals surface area contributed by atoms with Gasteiger partial charge in [0.2, 0.25) is 0 Å². The van der Waals surface area contributed by atoms with E-state index in [0.29, 0.717) is 6.10 Å². The van der Waals surface area contributed by atoms with Crippen LogP contribution in [0, 0.1) is 0 Å². The zero-order valence-electron chi connectivity index (χ0n) is 9.29. The maximum Gasteiger partial charge on any atom is 0.0588 e. The van der Waals surface area contributed by atoms with E-state index in [0.717, 1.165) is 30.6 Å². The van der Waals surface area contributed by atoms with Crippen molar-refractivity contribution < 1.29 is 4.74 Å². The molecule has 16 heavy (non-hydrogen) atoms. The van der Waals surface area contributed by atoms with Crippen molar-refractivity contribution in [2.75, 3.05) is 13.2 Å². The van der Waals surface area contributed by atoms with Crippen molar-refractivity contribution in [1.29, 1.82) is 0 Å². The van der Waals surface area contributed by atoms with Gasteiger partial charge in [0.15, 0.2) is 0 Å². The monoisotopic (exact) mass is 284 g/mol. The van der Waals surface area contributed by atoms with Crippen LogP contribution in [0.25, 0.3) is 0 Å². The third-order valence-electron chi connectivity index (χ3n) is 2.76. The quantitative estimate of drug-likeness (QED) is 0.844. The molecular weight excluding hydrogens is 268 g/mol. The van der Waals surface area contributed by atoms with Crippen LogP contribution in [0.15, 0.2) is 22.9 Å². The Kier molecular flexibility index (Phi) is 4.75. The van der Waals surface area contributed by atoms with E-state index in [4.69, 9.17) is 4.74 Å². The van der Waals surface area contributed by atoms with Crippen molar-refractivity contribution >= 4 is 15.9 Å². The summed E-state index contributed by atoms with van der Waals surface area (Å²) in [6, 6.07) is 2.09. The van der Waals surface area contributed by atoms with Crippen LogP contribution >= 0.6 is 15.9 Å². The molecule has 1 aliphatic heterocycles. The fourth-order valence-electron chi connectivity index (χ4n) is 1.92. The minimum atomic E-state index is 0.480. The van der Waals surface area contributed by atoms with E-state index in [1.54, 1.807) is 6.20 Å². The summed E-state index contributed by atoms with van der Waals surface area (Å²) >= 11 is 3.41. The first kappa shape index (κ1) is 12.0. The molecule has 1 aromatic heterocycles. The molecular formula is C12H17BrN2O. The van der Waals surface area contributed by atoms with Gasteiger partial charge in [0.1, 0.15) is 0 Å². The fraction of sp³-hybridized carbons (Fsp3) is 0.583. The van der Waals surface area contributed by atoms with Gasteiger partial charge in [0.25, 0.3) is 0 Å². The van der Waals surface area contributed by atoms with Crippen LogP contribution in [0.5, 0.6) is 0 Å². The minimum Gasteiger partial charge on any atom is -0.378 e. The molecule has 0 amide bonds. The van der Waals surface area contributed by atoms with Gasteiger partial charge in [-0.3, -0.25) is 4.98 Å². The van der Waals surface area contributed by atoms with E-state index in [9.17, 15) is 0 Å². The Hall–Kier alpha value is -0.450. The Morgan fingerprint density at radius 1 is 1.50 bits per heavy atom. The van der Waals surface area contributed by atoms with Crippen LogP contribution in [-0.4, -0.2) is 24.2 Å². The van der Waals surface area contributed by atoms with Crippen molar-refractivity contribution in [3.8, 4) is 0 Å². The summed E-state index contributed by atoms with van der Waals surface area (Å²) in [6.45, 7) is 2.83. The van der Waals surface area contributed by atoms with Gasteiger partial charge in [-0.15, -0.1) is 0 Å². The molecule has 0 aliphatic carbocycles. The van der Waals surface area contributed by atoms with Crippen molar-refractivity contribution in [2.24, 2.45) is 0 Å². The Bertz CT molecular complexity index is 327. The highest BCUT2D eigenvalue weighted by Crippen LogP contribution is 2.14. The van der Waals surface area contributed by atoms with Crippen molar-refractivity contribution in [1.82, 2.24) is 10.3 Å². The molecule has 2 heterocycles. The van der Waals surface area contributed by atoms with Gasteiger partial charge in [-0.1, -0.05) is 0 Å². The van der Waals surface area contributed by atoms with Gasteiger partial charge in [-0.25, -0.2) is 0 Å². The molecule has 3 nitrogen and oxygen atoms in total. The Balaban J connectivity index is 1.64. The lowest BCUT2D eigenvalue weighted by Crippen LogP contribution is -2.19. The Morgan fingerprint density at radius 3 is 3.19 bits per heavy atom. The lowest BCUT2D eigenvalue weighted by Gasteiger charge is -2.09. The molecule has 1 saturated heterocycles. The highest BCUT2D eigenvalue weighted by Gasteiger charge is 2.14.